The molecule has 0 aliphatic heterocycles. The first-order valence-corrected chi connectivity index (χ1v) is 8.35. The smallest absolute Gasteiger partial charge is 0.410 e. The van der Waals surface area contributed by atoms with Crippen LogP contribution in [0.5, 0.6) is 11.5 Å². The number of rotatable bonds is 8. The molecular weight excluding hydrogens is 324 g/mol. The van der Waals surface area contributed by atoms with Crippen molar-refractivity contribution < 1.29 is 24.5 Å². The zero-order chi connectivity index (χ0) is 19.0. The van der Waals surface area contributed by atoms with Gasteiger partial charge in [-0.1, -0.05) is 0 Å². The fraction of sp³-hybridized carbons (Fsp3) is 0.611. The number of carbonyl (C=O) groups is 1. The van der Waals surface area contributed by atoms with Crippen molar-refractivity contribution in [3.63, 3.8) is 0 Å². The topological polar surface area (TPSA) is 91.3 Å². The van der Waals surface area contributed by atoms with Crippen molar-refractivity contribution in [2.45, 2.75) is 45.9 Å². The minimum absolute atomic E-state index is 0.182. The monoisotopic (exact) mass is 354 g/mol. The van der Waals surface area contributed by atoms with Gasteiger partial charge in [0.2, 0.25) is 0 Å². The predicted molar refractivity (Wildman–Crippen MR) is 95.9 cm³/mol. The van der Waals surface area contributed by atoms with Gasteiger partial charge in [-0.2, -0.15) is 0 Å². The number of methoxy groups -OCH3 is 1. The van der Waals surface area contributed by atoms with E-state index in [9.17, 15) is 15.0 Å². The largest absolute Gasteiger partial charge is 0.508 e. The summed E-state index contributed by atoms with van der Waals surface area (Å²) in [5.41, 5.74) is 0.118. The molecule has 1 rings (SSSR count). The SMILES string of the molecule is COc1ccc(O)c(CNCCN(CC(C)O)C(=O)OC(C)(C)C)c1. The third-order valence-corrected chi connectivity index (χ3v) is 3.30. The van der Waals surface area contributed by atoms with Crippen LogP contribution in [0.2, 0.25) is 0 Å². The van der Waals surface area contributed by atoms with Crippen LogP contribution in [0.3, 0.4) is 0 Å². The Labute approximate surface area is 149 Å². The van der Waals surface area contributed by atoms with Crippen molar-refractivity contribution in [3.8, 4) is 11.5 Å². The molecule has 0 spiro atoms. The van der Waals surface area contributed by atoms with Crippen LogP contribution in [0.4, 0.5) is 4.79 Å². The molecule has 0 radical (unpaired) electrons. The van der Waals surface area contributed by atoms with Gasteiger partial charge in [0.05, 0.1) is 13.2 Å². The molecule has 1 aromatic rings. The molecule has 0 bridgehead atoms. The Morgan fingerprint density at radius 2 is 2.04 bits per heavy atom. The molecule has 0 fully saturated rings. The van der Waals surface area contributed by atoms with Crippen LogP contribution in [0.1, 0.15) is 33.3 Å². The molecule has 1 aromatic carbocycles. The first-order chi connectivity index (χ1) is 11.6. The van der Waals surface area contributed by atoms with Gasteiger partial charge in [0.25, 0.3) is 0 Å². The number of aromatic hydroxyl groups is 1. The average molecular weight is 354 g/mol. The second kappa shape index (κ2) is 9.48. The molecule has 7 nitrogen and oxygen atoms in total. The van der Waals surface area contributed by atoms with Gasteiger partial charge in [-0.3, -0.25) is 0 Å². The first-order valence-electron chi connectivity index (χ1n) is 8.35. The van der Waals surface area contributed by atoms with Crippen molar-refractivity contribution in [2.75, 3.05) is 26.7 Å². The Bertz CT molecular complexity index is 555. The van der Waals surface area contributed by atoms with E-state index in [0.717, 1.165) is 0 Å². The zero-order valence-corrected chi connectivity index (χ0v) is 15.7. The van der Waals surface area contributed by atoms with Crippen LogP contribution < -0.4 is 10.1 Å². The van der Waals surface area contributed by atoms with E-state index in [0.29, 0.717) is 30.9 Å². The molecule has 0 saturated carbocycles. The highest BCUT2D eigenvalue weighted by molar-refractivity contribution is 5.68. The van der Waals surface area contributed by atoms with Gasteiger partial charge in [-0.15, -0.1) is 0 Å². The second-order valence-corrected chi connectivity index (χ2v) is 6.95. The number of nitrogens with one attached hydrogen (secondary N) is 1. The van der Waals surface area contributed by atoms with Crippen LogP contribution in [0.15, 0.2) is 18.2 Å². The summed E-state index contributed by atoms with van der Waals surface area (Å²) in [5.74, 6) is 0.848. The molecule has 1 amide bonds. The van der Waals surface area contributed by atoms with Crippen molar-refractivity contribution in [2.24, 2.45) is 0 Å². The van der Waals surface area contributed by atoms with Gasteiger partial charge in [0, 0.05) is 31.7 Å². The number of aliphatic hydroxyl groups is 1. The highest BCUT2D eigenvalue weighted by atomic mass is 16.6. The third kappa shape index (κ3) is 8.09. The quantitative estimate of drug-likeness (QED) is 0.620. The van der Waals surface area contributed by atoms with E-state index in [1.807, 2.05) is 0 Å². The Hall–Kier alpha value is -1.99. The van der Waals surface area contributed by atoms with Crippen molar-refractivity contribution in [3.05, 3.63) is 23.8 Å². The van der Waals surface area contributed by atoms with Gasteiger partial charge in [-0.05, 0) is 45.9 Å². The van der Waals surface area contributed by atoms with E-state index in [4.69, 9.17) is 9.47 Å². The molecule has 0 heterocycles. The summed E-state index contributed by atoms with van der Waals surface area (Å²) in [6.45, 7) is 8.52. The fourth-order valence-electron chi connectivity index (χ4n) is 2.17. The number of benzene rings is 1. The number of aliphatic hydroxyl groups excluding tert-OH is 1. The molecule has 0 aliphatic rings. The van der Waals surface area contributed by atoms with E-state index in [-0.39, 0.29) is 12.3 Å². The molecule has 3 N–H and O–H groups in total. The summed E-state index contributed by atoms with van der Waals surface area (Å²) < 4.78 is 10.5. The van der Waals surface area contributed by atoms with E-state index in [1.165, 1.54) is 4.90 Å². The molecule has 7 heteroatoms. The van der Waals surface area contributed by atoms with E-state index >= 15 is 0 Å². The minimum Gasteiger partial charge on any atom is -0.508 e. The standard InChI is InChI=1S/C18H30N2O5/c1-13(21)12-20(17(23)25-18(2,3)4)9-8-19-11-14-10-15(24-5)6-7-16(14)22/h6-7,10,13,19,21-22H,8-9,11-12H2,1-5H3. The Kier molecular flexibility index (Phi) is 7.99. The first kappa shape index (κ1) is 21.1. The van der Waals surface area contributed by atoms with Crippen molar-refractivity contribution >= 4 is 6.09 Å². The lowest BCUT2D eigenvalue weighted by molar-refractivity contribution is 0.0164. The maximum atomic E-state index is 12.2. The molecule has 25 heavy (non-hydrogen) atoms. The normalized spacial score (nSPS) is 12.6. The number of phenolic OH excluding ortho intramolecular Hbond substituents is 1. The number of hydrogen-bond acceptors (Lipinski definition) is 6. The van der Waals surface area contributed by atoms with E-state index in [1.54, 1.807) is 53.0 Å². The van der Waals surface area contributed by atoms with Crippen LogP contribution >= 0.6 is 0 Å². The van der Waals surface area contributed by atoms with Crippen LogP contribution in [0, 0.1) is 0 Å². The van der Waals surface area contributed by atoms with Gasteiger partial charge >= 0.3 is 6.09 Å². The molecule has 0 aromatic heterocycles. The highest BCUT2D eigenvalue weighted by Gasteiger charge is 2.22. The summed E-state index contributed by atoms with van der Waals surface area (Å²) in [5, 5.41) is 22.6. The van der Waals surface area contributed by atoms with Crippen LogP contribution in [-0.4, -0.2) is 59.7 Å². The zero-order valence-electron chi connectivity index (χ0n) is 15.7. The maximum Gasteiger partial charge on any atom is 0.410 e. The summed E-state index contributed by atoms with van der Waals surface area (Å²) in [6.07, 6.45) is -1.10. The third-order valence-electron chi connectivity index (χ3n) is 3.30. The molecule has 1 atom stereocenters. The molecular formula is C18H30N2O5. The number of carbonyl (C=O) groups excluding carboxylic acids is 1. The van der Waals surface area contributed by atoms with Gasteiger partial charge in [-0.25, -0.2) is 4.79 Å². The highest BCUT2D eigenvalue weighted by Crippen LogP contribution is 2.22. The number of phenols is 1. The summed E-state index contributed by atoms with van der Waals surface area (Å²) in [4.78, 5) is 13.7. The Morgan fingerprint density at radius 3 is 2.60 bits per heavy atom. The minimum atomic E-state index is -0.644. The van der Waals surface area contributed by atoms with E-state index in [2.05, 4.69) is 5.32 Å². The molecule has 1 unspecified atom stereocenters. The molecule has 0 aliphatic carbocycles. The van der Waals surface area contributed by atoms with Gasteiger partial charge in [0.15, 0.2) is 0 Å². The Balaban J connectivity index is 2.55. The molecule has 142 valence electrons. The summed E-state index contributed by atoms with van der Waals surface area (Å²) >= 11 is 0. The van der Waals surface area contributed by atoms with Crippen molar-refractivity contribution in [1.29, 1.82) is 0 Å². The summed E-state index contributed by atoms with van der Waals surface area (Å²) in [6, 6.07) is 5.02. The molecule has 0 saturated heterocycles. The average Bonchev–Trinajstić information content (AvgIpc) is 2.49. The number of nitrogens with zero attached hydrogens (tertiary/aromatic N) is 1. The van der Waals surface area contributed by atoms with Crippen molar-refractivity contribution in [1.82, 2.24) is 10.2 Å². The number of amides is 1. The van der Waals surface area contributed by atoms with Crippen LogP contribution in [-0.2, 0) is 11.3 Å². The second-order valence-electron chi connectivity index (χ2n) is 6.95. The summed E-state index contributed by atoms with van der Waals surface area (Å²) in [7, 11) is 1.57. The predicted octanol–water partition coefficient (Wildman–Crippen LogP) is 2.11. The number of hydrogen-bond donors (Lipinski definition) is 3. The van der Waals surface area contributed by atoms with E-state index < -0.39 is 17.8 Å². The number of ether oxygens (including phenoxy) is 2. The lowest BCUT2D eigenvalue weighted by Crippen LogP contribution is -2.43. The maximum absolute atomic E-state index is 12.2. The Morgan fingerprint density at radius 1 is 1.36 bits per heavy atom. The lowest BCUT2D eigenvalue weighted by Gasteiger charge is -2.28. The van der Waals surface area contributed by atoms with Gasteiger partial charge in [0.1, 0.15) is 17.1 Å². The van der Waals surface area contributed by atoms with Crippen LogP contribution in [0.25, 0.3) is 0 Å². The van der Waals surface area contributed by atoms with Gasteiger partial charge < -0.3 is 29.9 Å². The lowest BCUT2D eigenvalue weighted by atomic mass is 10.2. The fourth-order valence-corrected chi connectivity index (χ4v) is 2.17.